The molecule has 0 bridgehead atoms. The molecular formula is C23H22Cl2N2O4S. The molecule has 0 heterocycles. The maximum atomic E-state index is 13.3. The molecule has 0 aliphatic rings. The Hall–Kier alpha value is -2.58. The number of methoxy groups -OCH3 is 1. The lowest BCUT2D eigenvalue weighted by atomic mass is 10.2. The molecule has 0 aromatic heterocycles. The summed E-state index contributed by atoms with van der Waals surface area (Å²) in [5.41, 5.74) is 1.45. The van der Waals surface area contributed by atoms with Crippen molar-refractivity contribution in [2.45, 2.75) is 18.0 Å². The number of amides is 1. The van der Waals surface area contributed by atoms with Gasteiger partial charge in [-0.25, -0.2) is 8.42 Å². The average molecular weight is 493 g/mol. The highest BCUT2D eigenvalue weighted by atomic mass is 35.5. The molecule has 0 radical (unpaired) electrons. The molecule has 0 fully saturated rings. The van der Waals surface area contributed by atoms with Crippen LogP contribution >= 0.6 is 23.2 Å². The summed E-state index contributed by atoms with van der Waals surface area (Å²) < 4.78 is 32.8. The number of halogens is 2. The van der Waals surface area contributed by atoms with E-state index in [2.05, 4.69) is 5.32 Å². The largest absolute Gasteiger partial charge is 0.497 e. The van der Waals surface area contributed by atoms with Crippen LogP contribution in [0.1, 0.15) is 11.1 Å². The van der Waals surface area contributed by atoms with E-state index < -0.39 is 15.9 Å². The molecule has 9 heteroatoms. The van der Waals surface area contributed by atoms with Gasteiger partial charge in [0.2, 0.25) is 15.9 Å². The van der Waals surface area contributed by atoms with E-state index in [4.69, 9.17) is 27.9 Å². The van der Waals surface area contributed by atoms with Gasteiger partial charge in [0.15, 0.2) is 0 Å². The van der Waals surface area contributed by atoms with Crippen LogP contribution in [0.25, 0.3) is 0 Å². The van der Waals surface area contributed by atoms with Gasteiger partial charge in [-0.05, 0) is 53.6 Å². The molecule has 0 atom stereocenters. The van der Waals surface area contributed by atoms with E-state index in [0.717, 1.165) is 9.87 Å². The minimum absolute atomic E-state index is 0.0388. The molecule has 0 aliphatic heterocycles. The molecule has 0 spiro atoms. The maximum Gasteiger partial charge on any atom is 0.243 e. The number of hydrogen-bond acceptors (Lipinski definition) is 4. The molecule has 0 saturated heterocycles. The van der Waals surface area contributed by atoms with Gasteiger partial charge in [0.1, 0.15) is 5.75 Å². The van der Waals surface area contributed by atoms with Gasteiger partial charge in [-0.15, -0.1) is 0 Å². The van der Waals surface area contributed by atoms with Crippen molar-refractivity contribution in [2.75, 3.05) is 13.7 Å². The minimum Gasteiger partial charge on any atom is -0.497 e. The molecule has 6 nitrogen and oxygen atoms in total. The molecular weight excluding hydrogens is 471 g/mol. The van der Waals surface area contributed by atoms with Crippen LogP contribution in [0.15, 0.2) is 77.7 Å². The standard InChI is InChI=1S/C23H22Cl2N2O4S/c1-31-20-10-6-17(7-11-20)14-26-23(28)16-27(15-18-4-2-3-5-22(18)25)32(29,30)21-12-8-19(24)9-13-21/h2-13H,14-16H2,1H3,(H,26,28). The first kappa shape index (κ1) is 24.1. The van der Waals surface area contributed by atoms with Crippen molar-refractivity contribution in [2.24, 2.45) is 0 Å². The molecule has 1 N–H and O–H groups in total. The van der Waals surface area contributed by atoms with Crippen molar-refractivity contribution in [1.29, 1.82) is 0 Å². The molecule has 0 saturated carbocycles. The quantitative estimate of drug-likeness (QED) is 0.476. The molecule has 168 valence electrons. The SMILES string of the molecule is COc1ccc(CNC(=O)CN(Cc2ccccc2Cl)S(=O)(=O)c2ccc(Cl)cc2)cc1. The third kappa shape index (κ3) is 6.23. The fourth-order valence-corrected chi connectivity index (χ4v) is 4.65. The van der Waals surface area contributed by atoms with Gasteiger partial charge in [0.05, 0.1) is 18.6 Å². The number of sulfonamides is 1. The number of rotatable bonds is 9. The van der Waals surface area contributed by atoms with Gasteiger partial charge in [-0.3, -0.25) is 4.79 Å². The zero-order valence-corrected chi connectivity index (χ0v) is 19.6. The fourth-order valence-electron chi connectivity index (χ4n) is 2.96. The van der Waals surface area contributed by atoms with Gasteiger partial charge in [0, 0.05) is 23.1 Å². The highest BCUT2D eigenvalue weighted by molar-refractivity contribution is 7.89. The normalized spacial score (nSPS) is 11.4. The Bertz CT molecular complexity index is 1170. The van der Waals surface area contributed by atoms with E-state index in [-0.39, 0.29) is 24.5 Å². The lowest BCUT2D eigenvalue weighted by molar-refractivity contribution is -0.121. The Morgan fingerprint density at radius 3 is 2.25 bits per heavy atom. The summed E-state index contributed by atoms with van der Waals surface area (Å²) in [6.45, 7) is -0.170. The first-order valence-electron chi connectivity index (χ1n) is 9.68. The Kier molecular flexibility index (Phi) is 8.15. The highest BCUT2D eigenvalue weighted by Gasteiger charge is 2.27. The molecule has 0 unspecified atom stereocenters. The lowest BCUT2D eigenvalue weighted by Gasteiger charge is -2.22. The summed E-state index contributed by atoms with van der Waals surface area (Å²) in [6, 6.07) is 19.9. The number of hydrogen-bond donors (Lipinski definition) is 1. The van der Waals surface area contributed by atoms with Crippen LogP contribution in [-0.2, 0) is 27.9 Å². The van der Waals surface area contributed by atoms with E-state index in [1.165, 1.54) is 24.3 Å². The van der Waals surface area contributed by atoms with Crippen molar-refractivity contribution in [1.82, 2.24) is 9.62 Å². The Morgan fingerprint density at radius 2 is 1.62 bits per heavy atom. The van der Waals surface area contributed by atoms with Gasteiger partial charge in [-0.2, -0.15) is 4.31 Å². The predicted octanol–water partition coefficient (Wildman–Crippen LogP) is 4.51. The molecule has 0 aliphatic carbocycles. The zero-order valence-electron chi connectivity index (χ0n) is 17.3. The molecule has 3 rings (SSSR count). The fraction of sp³-hybridized carbons (Fsp3) is 0.174. The van der Waals surface area contributed by atoms with Crippen molar-refractivity contribution in [3.8, 4) is 5.75 Å². The van der Waals surface area contributed by atoms with Gasteiger partial charge in [0.25, 0.3) is 0 Å². The Balaban J connectivity index is 1.79. The van der Waals surface area contributed by atoms with Crippen LogP contribution in [0, 0.1) is 0 Å². The second-order valence-electron chi connectivity index (χ2n) is 6.94. The summed E-state index contributed by atoms with van der Waals surface area (Å²) in [5.74, 6) is 0.269. The van der Waals surface area contributed by atoms with Gasteiger partial charge < -0.3 is 10.1 Å². The molecule has 1 amide bonds. The summed E-state index contributed by atoms with van der Waals surface area (Å²) in [6.07, 6.45) is 0. The van der Waals surface area contributed by atoms with E-state index in [0.29, 0.717) is 21.4 Å². The summed E-state index contributed by atoms with van der Waals surface area (Å²) >= 11 is 12.1. The van der Waals surface area contributed by atoms with Crippen LogP contribution in [0.2, 0.25) is 10.0 Å². The third-order valence-corrected chi connectivity index (χ3v) is 7.15. The minimum atomic E-state index is -3.98. The second-order valence-corrected chi connectivity index (χ2v) is 9.72. The number of carbonyl (C=O) groups is 1. The topological polar surface area (TPSA) is 75.7 Å². The number of benzene rings is 3. The summed E-state index contributed by atoms with van der Waals surface area (Å²) in [7, 11) is -2.41. The Labute approximate surface area is 197 Å². The lowest BCUT2D eigenvalue weighted by Crippen LogP contribution is -2.40. The van der Waals surface area contributed by atoms with Crippen molar-refractivity contribution in [3.63, 3.8) is 0 Å². The van der Waals surface area contributed by atoms with Crippen LogP contribution in [0.4, 0.5) is 0 Å². The Morgan fingerprint density at radius 1 is 0.969 bits per heavy atom. The van der Waals surface area contributed by atoms with Crippen LogP contribution in [0.5, 0.6) is 5.75 Å². The maximum absolute atomic E-state index is 13.3. The predicted molar refractivity (Wildman–Crippen MR) is 125 cm³/mol. The second kappa shape index (κ2) is 10.8. The van der Waals surface area contributed by atoms with Crippen LogP contribution in [0.3, 0.4) is 0 Å². The summed E-state index contributed by atoms with van der Waals surface area (Å²) in [4.78, 5) is 12.7. The smallest absolute Gasteiger partial charge is 0.243 e. The van der Waals surface area contributed by atoms with Gasteiger partial charge >= 0.3 is 0 Å². The number of nitrogens with zero attached hydrogens (tertiary/aromatic N) is 1. The van der Waals surface area contributed by atoms with Crippen LogP contribution in [-0.4, -0.2) is 32.3 Å². The van der Waals surface area contributed by atoms with E-state index in [9.17, 15) is 13.2 Å². The summed E-state index contributed by atoms with van der Waals surface area (Å²) in [5, 5.41) is 3.59. The molecule has 3 aromatic carbocycles. The number of ether oxygens (including phenoxy) is 1. The molecule has 32 heavy (non-hydrogen) atoms. The van der Waals surface area contributed by atoms with Gasteiger partial charge in [-0.1, -0.05) is 53.5 Å². The number of nitrogens with one attached hydrogen (secondary N) is 1. The highest BCUT2D eigenvalue weighted by Crippen LogP contribution is 2.23. The van der Waals surface area contributed by atoms with E-state index >= 15 is 0 Å². The zero-order chi connectivity index (χ0) is 23.1. The van der Waals surface area contributed by atoms with Crippen molar-refractivity contribution < 1.29 is 17.9 Å². The first-order chi connectivity index (χ1) is 15.3. The van der Waals surface area contributed by atoms with E-state index in [1.54, 1.807) is 43.5 Å². The first-order valence-corrected chi connectivity index (χ1v) is 11.9. The average Bonchev–Trinajstić information content (AvgIpc) is 2.79. The van der Waals surface area contributed by atoms with Crippen molar-refractivity contribution in [3.05, 3.63) is 94.0 Å². The third-order valence-electron chi connectivity index (χ3n) is 4.72. The van der Waals surface area contributed by atoms with E-state index in [1.807, 2.05) is 12.1 Å². The number of carbonyl (C=O) groups excluding carboxylic acids is 1. The van der Waals surface area contributed by atoms with Crippen molar-refractivity contribution >= 4 is 39.1 Å². The monoisotopic (exact) mass is 492 g/mol. The van der Waals surface area contributed by atoms with Crippen LogP contribution < -0.4 is 10.1 Å². The molecule has 3 aromatic rings.